The number of ether oxygens (including phenoxy) is 1. The van der Waals surface area contributed by atoms with Crippen molar-refractivity contribution in [2.24, 2.45) is 0 Å². The minimum atomic E-state index is -1.34. The molecule has 1 aliphatic heterocycles. The zero-order chi connectivity index (χ0) is 18.9. The van der Waals surface area contributed by atoms with E-state index in [0.29, 0.717) is 12.2 Å². The summed E-state index contributed by atoms with van der Waals surface area (Å²) in [6.45, 7) is 6.25. The number of hydrogen-bond acceptors (Lipinski definition) is 3. The van der Waals surface area contributed by atoms with E-state index in [2.05, 4.69) is 28.9 Å². The highest BCUT2D eigenvalue weighted by Crippen LogP contribution is 2.26. The Labute approximate surface area is 152 Å². The van der Waals surface area contributed by atoms with Gasteiger partial charge in [0.15, 0.2) is 5.54 Å². The largest absolute Gasteiger partial charge is 0.479 e. The zero-order valence-electron chi connectivity index (χ0n) is 15.3. The molecule has 26 heavy (non-hydrogen) atoms. The van der Waals surface area contributed by atoms with Crippen molar-refractivity contribution >= 4 is 11.9 Å². The van der Waals surface area contributed by atoms with Crippen LogP contribution in [0.4, 0.5) is 0 Å². The lowest BCUT2D eigenvalue weighted by Crippen LogP contribution is -2.55. The first-order chi connectivity index (χ1) is 12.4. The van der Waals surface area contributed by atoms with Gasteiger partial charge in [-0.05, 0) is 32.4 Å². The van der Waals surface area contributed by atoms with Crippen molar-refractivity contribution in [3.8, 4) is 0 Å². The van der Waals surface area contributed by atoms with Gasteiger partial charge in [0.1, 0.15) is 0 Å². The SMILES string of the molecule is Cc1cc(C(=O)NC2(C(=O)O)CCOC2)c(C)n1C(C)c1ccccc1. The number of carbonyl (C=O) groups excluding carboxylic acids is 1. The molecule has 6 heteroatoms. The summed E-state index contributed by atoms with van der Waals surface area (Å²) in [5.74, 6) is -1.44. The molecule has 3 rings (SSSR count). The van der Waals surface area contributed by atoms with Gasteiger partial charge >= 0.3 is 5.97 Å². The van der Waals surface area contributed by atoms with Gasteiger partial charge in [-0.1, -0.05) is 30.3 Å². The molecule has 1 aliphatic rings. The van der Waals surface area contributed by atoms with E-state index in [9.17, 15) is 14.7 Å². The number of aromatic nitrogens is 1. The minimum Gasteiger partial charge on any atom is -0.479 e. The first-order valence-electron chi connectivity index (χ1n) is 8.73. The standard InChI is InChI=1S/C20H24N2O4/c1-13-11-17(18(23)21-20(19(24)25)9-10-26-12-20)15(3)22(13)14(2)16-7-5-4-6-8-16/h4-8,11,14H,9-10,12H2,1-3H3,(H,21,23)(H,24,25). The summed E-state index contributed by atoms with van der Waals surface area (Å²) >= 11 is 0. The molecule has 0 spiro atoms. The zero-order valence-corrected chi connectivity index (χ0v) is 15.3. The van der Waals surface area contributed by atoms with Gasteiger partial charge in [-0.3, -0.25) is 4.79 Å². The molecule has 2 atom stereocenters. The van der Waals surface area contributed by atoms with Crippen molar-refractivity contribution in [1.82, 2.24) is 9.88 Å². The van der Waals surface area contributed by atoms with Crippen molar-refractivity contribution < 1.29 is 19.4 Å². The fraction of sp³-hybridized carbons (Fsp3) is 0.400. The molecular weight excluding hydrogens is 332 g/mol. The highest BCUT2D eigenvalue weighted by Gasteiger charge is 2.44. The highest BCUT2D eigenvalue weighted by atomic mass is 16.5. The molecule has 1 aromatic carbocycles. The monoisotopic (exact) mass is 356 g/mol. The number of aryl methyl sites for hydroxylation is 1. The summed E-state index contributed by atoms with van der Waals surface area (Å²) in [7, 11) is 0. The van der Waals surface area contributed by atoms with Gasteiger partial charge in [0, 0.05) is 24.4 Å². The molecule has 6 nitrogen and oxygen atoms in total. The smallest absolute Gasteiger partial charge is 0.331 e. The summed E-state index contributed by atoms with van der Waals surface area (Å²) in [5.41, 5.74) is 2.07. The third kappa shape index (κ3) is 3.12. The lowest BCUT2D eigenvalue weighted by atomic mass is 9.98. The third-order valence-corrected chi connectivity index (χ3v) is 5.18. The van der Waals surface area contributed by atoms with Crippen LogP contribution in [0, 0.1) is 13.8 Å². The van der Waals surface area contributed by atoms with Crippen LogP contribution in [0.1, 0.15) is 46.7 Å². The predicted molar refractivity (Wildman–Crippen MR) is 97.4 cm³/mol. The van der Waals surface area contributed by atoms with Crippen molar-refractivity contribution in [1.29, 1.82) is 0 Å². The molecule has 1 saturated heterocycles. The van der Waals surface area contributed by atoms with Crippen LogP contribution in [0.2, 0.25) is 0 Å². The van der Waals surface area contributed by atoms with E-state index >= 15 is 0 Å². The molecule has 0 saturated carbocycles. The van der Waals surface area contributed by atoms with Crippen molar-refractivity contribution in [3.63, 3.8) is 0 Å². The number of carboxylic acids is 1. The molecule has 2 N–H and O–H groups in total. The summed E-state index contributed by atoms with van der Waals surface area (Å²) in [6.07, 6.45) is 0.271. The molecule has 0 bridgehead atoms. The van der Waals surface area contributed by atoms with Crippen LogP contribution in [-0.4, -0.2) is 40.3 Å². The van der Waals surface area contributed by atoms with Crippen LogP contribution >= 0.6 is 0 Å². The second kappa shape index (κ2) is 6.96. The fourth-order valence-corrected chi connectivity index (χ4v) is 3.65. The van der Waals surface area contributed by atoms with Gasteiger partial charge < -0.3 is 19.7 Å². The summed E-state index contributed by atoms with van der Waals surface area (Å²) in [4.78, 5) is 24.5. The van der Waals surface area contributed by atoms with E-state index < -0.39 is 11.5 Å². The first-order valence-corrected chi connectivity index (χ1v) is 8.73. The molecule has 1 aromatic heterocycles. The van der Waals surface area contributed by atoms with Crippen molar-refractivity contribution in [3.05, 3.63) is 58.9 Å². The maximum absolute atomic E-state index is 12.8. The van der Waals surface area contributed by atoms with E-state index in [-0.39, 0.29) is 25.0 Å². The Balaban J connectivity index is 1.90. The third-order valence-electron chi connectivity index (χ3n) is 5.18. The van der Waals surface area contributed by atoms with Crippen LogP contribution in [-0.2, 0) is 9.53 Å². The second-order valence-electron chi connectivity index (χ2n) is 6.89. The van der Waals surface area contributed by atoms with E-state index in [1.807, 2.05) is 38.1 Å². The molecular formula is C20H24N2O4. The van der Waals surface area contributed by atoms with E-state index in [1.165, 1.54) is 0 Å². The Bertz CT molecular complexity index is 820. The number of benzene rings is 1. The highest BCUT2D eigenvalue weighted by molar-refractivity contribution is 5.99. The minimum absolute atomic E-state index is 0.00672. The van der Waals surface area contributed by atoms with Gasteiger partial charge in [0.05, 0.1) is 18.2 Å². The maximum Gasteiger partial charge on any atom is 0.331 e. The van der Waals surface area contributed by atoms with Crippen LogP contribution in [0.3, 0.4) is 0 Å². The maximum atomic E-state index is 12.8. The van der Waals surface area contributed by atoms with Gasteiger partial charge in [-0.2, -0.15) is 0 Å². The molecule has 2 unspecified atom stereocenters. The number of hydrogen-bond donors (Lipinski definition) is 2. The Hall–Kier alpha value is -2.60. The van der Waals surface area contributed by atoms with Crippen LogP contribution in [0.5, 0.6) is 0 Å². The molecule has 0 radical (unpaired) electrons. The number of carboxylic acid groups (broad SMARTS) is 1. The molecule has 138 valence electrons. The van der Waals surface area contributed by atoms with Gasteiger partial charge in [0.25, 0.3) is 5.91 Å². The average molecular weight is 356 g/mol. The second-order valence-corrected chi connectivity index (χ2v) is 6.89. The number of amides is 1. The number of carbonyl (C=O) groups is 2. The molecule has 2 heterocycles. The fourth-order valence-electron chi connectivity index (χ4n) is 3.65. The van der Waals surface area contributed by atoms with Gasteiger partial charge in [-0.25, -0.2) is 4.79 Å². The van der Waals surface area contributed by atoms with Crippen LogP contribution < -0.4 is 5.32 Å². The van der Waals surface area contributed by atoms with E-state index in [1.54, 1.807) is 0 Å². The van der Waals surface area contributed by atoms with Gasteiger partial charge in [0.2, 0.25) is 0 Å². The van der Waals surface area contributed by atoms with Crippen molar-refractivity contribution in [2.45, 2.75) is 38.8 Å². The molecule has 0 aliphatic carbocycles. The summed E-state index contributed by atoms with van der Waals surface area (Å²) in [5, 5.41) is 12.2. The van der Waals surface area contributed by atoms with Crippen LogP contribution in [0.15, 0.2) is 36.4 Å². The molecule has 2 aromatic rings. The topological polar surface area (TPSA) is 80.6 Å². The normalized spacial score (nSPS) is 20.7. The van der Waals surface area contributed by atoms with Crippen LogP contribution in [0.25, 0.3) is 0 Å². The molecule has 1 amide bonds. The Morgan fingerprint density at radius 1 is 1.27 bits per heavy atom. The summed E-state index contributed by atoms with van der Waals surface area (Å²) in [6, 6.07) is 11.9. The van der Waals surface area contributed by atoms with Gasteiger partial charge in [-0.15, -0.1) is 0 Å². The summed E-state index contributed by atoms with van der Waals surface area (Å²) < 4.78 is 7.31. The Morgan fingerprint density at radius 3 is 2.54 bits per heavy atom. The number of rotatable bonds is 5. The molecule has 1 fully saturated rings. The Kier molecular flexibility index (Phi) is 4.87. The first kappa shape index (κ1) is 18.2. The predicted octanol–water partition coefficient (Wildman–Crippen LogP) is 2.69. The van der Waals surface area contributed by atoms with E-state index in [4.69, 9.17) is 4.74 Å². The quantitative estimate of drug-likeness (QED) is 0.863. The van der Waals surface area contributed by atoms with Crippen molar-refractivity contribution in [2.75, 3.05) is 13.2 Å². The number of aliphatic carboxylic acids is 1. The lowest BCUT2D eigenvalue weighted by molar-refractivity contribution is -0.144. The Morgan fingerprint density at radius 2 is 1.96 bits per heavy atom. The number of nitrogens with one attached hydrogen (secondary N) is 1. The number of nitrogens with zero attached hydrogens (tertiary/aromatic N) is 1. The average Bonchev–Trinajstić information content (AvgIpc) is 3.20. The lowest BCUT2D eigenvalue weighted by Gasteiger charge is -2.24. The van der Waals surface area contributed by atoms with E-state index in [0.717, 1.165) is 17.0 Å².